The zero-order valence-corrected chi connectivity index (χ0v) is 23.5. The highest BCUT2D eigenvalue weighted by Gasteiger charge is 2.80. The maximum absolute atomic E-state index is 13.9. The summed E-state index contributed by atoms with van der Waals surface area (Å²) in [5, 5.41) is 0. The Balaban J connectivity index is 1.50. The van der Waals surface area contributed by atoms with Gasteiger partial charge in [-0.15, -0.1) is 0 Å². The number of ketones is 1. The molecular weight excluding hydrogens is 484 g/mol. The molecule has 9 atom stereocenters. The summed E-state index contributed by atoms with van der Waals surface area (Å²) in [6.45, 7) is 13.1. The van der Waals surface area contributed by atoms with Crippen molar-refractivity contribution in [3.05, 3.63) is 47.0 Å². The average Bonchev–Trinajstić information content (AvgIpc) is 3.29. The summed E-state index contributed by atoms with van der Waals surface area (Å²) in [6.07, 6.45) is 0.529. The molecule has 3 aliphatic carbocycles. The fourth-order valence-electron chi connectivity index (χ4n) is 9.07. The largest absolute Gasteiger partial charge is 0.382 e. The number of fused-ring (bicyclic) bond motifs is 8. The van der Waals surface area contributed by atoms with Crippen LogP contribution in [0.5, 0.6) is 0 Å². The minimum absolute atomic E-state index is 0.0853. The summed E-state index contributed by atoms with van der Waals surface area (Å²) in [6, 6.07) is 10.1. The first-order chi connectivity index (χ1) is 17.9. The Bertz CT molecular complexity index is 1210. The van der Waals surface area contributed by atoms with Crippen molar-refractivity contribution in [1.82, 2.24) is 0 Å². The quantitative estimate of drug-likeness (QED) is 0.521. The van der Waals surface area contributed by atoms with E-state index in [0.29, 0.717) is 6.61 Å². The standard InChI is InChI=1S/C31H40O7/c1-17-19(32)15-31-25(34-26(38-31)18-11-9-8-10-12-18)23-29(6,14-13-20-30(23,35-20)16-33-7)24-22(21(17)27(31,2)3)36-28(4,5)37-24/h8-12,20,22-26H,13-16H2,1-7H3/t20-,22+,23-,24-,25-,26-,29+,30-,31+/m0/s1. The third kappa shape index (κ3) is 3.04. The zero-order valence-electron chi connectivity index (χ0n) is 23.5. The first-order valence-corrected chi connectivity index (χ1v) is 14.1. The molecule has 0 radical (unpaired) electrons. The highest BCUT2D eigenvalue weighted by Crippen LogP contribution is 2.71. The van der Waals surface area contributed by atoms with E-state index in [4.69, 9.17) is 28.4 Å². The molecule has 0 unspecified atom stereocenters. The summed E-state index contributed by atoms with van der Waals surface area (Å²) in [4.78, 5) is 13.9. The summed E-state index contributed by atoms with van der Waals surface area (Å²) in [5.41, 5.74) is 0.354. The molecule has 1 spiro atoms. The van der Waals surface area contributed by atoms with Crippen molar-refractivity contribution in [1.29, 1.82) is 0 Å². The van der Waals surface area contributed by atoms with Crippen LogP contribution in [0.15, 0.2) is 41.5 Å². The highest BCUT2D eigenvalue weighted by molar-refractivity contribution is 5.98. The zero-order chi connectivity index (χ0) is 26.9. The van der Waals surface area contributed by atoms with Crippen molar-refractivity contribution in [2.45, 2.75) is 108 Å². The van der Waals surface area contributed by atoms with E-state index < -0.39 is 34.8 Å². The molecule has 7 heteroatoms. The molecule has 3 saturated heterocycles. The molecule has 2 saturated carbocycles. The summed E-state index contributed by atoms with van der Waals surface area (Å²) >= 11 is 0. The van der Waals surface area contributed by atoms with E-state index in [1.807, 2.05) is 51.1 Å². The molecule has 1 aromatic rings. The third-order valence-corrected chi connectivity index (χ3v) is 10.8. The molecule has 0 amide bonds. The fraction of sp³-hybridized carbons (Fsp3) is 0.710. The molecule has 5 fully saturated rings. The number of Topliss-reactive ketones (excluding diaryl/α,β-unsaturated/α-hetero) is 1. The number of benzene rings is 1. The Morgan fingerprint density at radius 2 is 1.71 bits per heavy atom. The second-order valence-corrected chi connectivity index (χ2v) is 13.6. The van der Waals surface area contributed by atoms with Gasteiger partial charge in [0.25, 0.3) is 0 Å². The number of ether oxygens (including phenoxy) is 6. The van der Waals surface area contributed by atoms with Crippen LogP contribution in [0.4, 0.5) is 0 Å². The second kappa shape index (κ2) is 7.77. The van der Waals surface area contributed by atoms with E-state index in [9.17, 15) is 4.79 Å². The maximum Gasteiger partial charge on any atom is 0.185 e. The van der Waals surface area contributed by atoms with Crippen molar-refractivity contribution in [3.8, 4) is 0 Å². The van der Waals surface area contributed by atoms with Crippen molar-refractivity contribution in [3.63, 3.8) is 0 Å². The monoisotopic (exact) mass is 524 g/mol. The number of rotatable bonds is 3. The van der Waals surface area contributed by atoms with Gasteiger partial charge in [-0.05, 0) is 44.8 Å². The minimum Gasteiger partial charge on any atom is -0.382 e. The number of epoxide rings is 1. The molecule has 3 aliphatic heterocycles. The van der Waals surface area contributed by atoms with E-state index in [1.165, 1.54) is 0 Å². The van der Waals surface area contributed by atoms with E-state index in [1.54, 1.807) is 7.11 Å². The van der Waals surface area contributed by atoms with Gasteiger partial charge in [-0.1, -0.05) is 51.1 Å². The van der Waals surface area contributed by atoms with Gasteiger partial charge in [0.1, 0.15) is 17.3 Å². The van der Waals surface area contributed by atoms with Gasteiger partial charge in [0.2, 0.25) is 0 Å². The number of hydrogen-bond acceptors (Lipinski definition) is 7. The van der Waals surface area contributed by atoms with Crippen LogP contribution >= 0.6 is 0 Å². The normalized spacial score (nSPS) is 47.9. The lowest BCUT2D eigenvalue weighted by atomic mass is 9.47. The van der Waals surface area contributed by atoms with Gasteiger partial charge < -0.3 is 28.4 Å². The van der Waals surface area contributed by atoms with Gasteiger partial charge in [0, 0.05) is 35.8 Å². The molecule has 0 aromatic heterocycles. The predicted octanol–water partition coefficient (Wildman–Crippen LogP) is 4.89. The Hall–Kier alpha value is -1.61. The van der Waals surface area contributed by atoms with E-state index in [0.717, 1.165) is 29.6 Å². The first kappa shape index (κ1) is 25.4. The Morgan fingerprint density at radius 1 is 0.974 bits per heavy atom. The molecule has 6 aliphatic rings. The topological polar surface area (TPSA) is 75.8 Å². The molecule has 2 bridgehead atoms. The molecule has 206 valence electrons. The van der Waals surface area contributed by atoms with Gasteiger partial charge in [-0.2, -0.15) is 0 Å². The van der Waals surface area contributed by atoms with Crippen molar-refractivity contribution < 1.29 is 33.2 Å². The SMILES string of the molecule is COC[C@]12O[C@H]1CC[C@@]1(C)[C@H]3OC(C)(C)O[C@@H]3C3=C(C)C(=O)C[C@]4(O[C@@H](c5ccccc5)O[C@H]4[C@@H]12)C3(C)C. The van der Waals surface area contributed by atoms with Crippen LogP contribution in [-0.4, -0.2) is 60.9 Å². The van der Waals surface area contributed by atoms with E-state index >= 15 is 0 Å². The Morgan fingerprint density at radius 3 is 2.42 bits per heavy atom. The number of carbonyl (C=O) groups is 1. The summed E-state index contributed by atoms with van der Waals surface area (Å²) < 4.78 is 40.1. The number of methoxy groups -OCH3 is 1. The first-order valence-electron chi connectivity index (χ1n) is 14.1. The lowest BCUT2D eigenvalue weighted by Crippen LogP contribution is -2.70. The smallest absolute Gasteiger partial charge is 0.185 e. The molecule has 38 heavy (non-hydrogen) atoms. The molecule has 0 N–H and O–H groups in total. The molecule has 3 heterocycles. The van der Waals surface area contributed by atoms with Crippen LogP contribution in [0.25, 0.3) is 0 Å². The van der Waals surface area contributed by atoms with Gasteiger partial charge in [-0.25, -0.2) is 0 Å². The number of allylic oxidation sites excluding steroid dienone is 1. The Labute approximate surface area is 225 Å². The van der Waals surface area contributed by atoms with Gasteiger partial charge in [0.05, 0.1) is 24.9 Å². The van der Waals surface area contributed by atoms with E-state index in [-0.39, 0.29) is 41.8 Å². The van der Waals surface area contributed by atoms with E-state index in [2.05, 4.69) is 20.8 Å². The Kier molecular flexibility index (Phi) is 5.19. The van der Waals surface area contributed by atoms with Crippen molar-refractivity contribution in [2.75, 3.05) is 13.7 Å². The lowest BCUT2D eigenvalue weighted by molar-refractivity contribution is -0.189. The van der Waals surface area contributed by atoms with Crippen LogP contribution in [-0.2, 0) is 33.2 Å². The average molecular weight is 525 g/mol. The summed E-state index contributed by atoms with van der Waals surface area (Å²) in [5.74, 6) is -0.829. The van der Waals surface area contributed by atoms with Crippen LogP contribution in [0.2, 0.25) is 0 Å². The van der Waals surface area contributed by atoms with Crippen molar-refractivity contribution in [2.24, 2.45) is 16.7 Å². The molecular formula is C31H40O7. The lowest BCUT2D eigenvalue weighted by Gasteiger charge is -2.60. The number of hydrogen-bond donors (Lipinski definition) is 0. The minimum atomic E-state index is -0.902. The predicted molar refractivity (Wildman–Crippen MR) is 138 cm³/mol. The second-order valence-electron chi connectivity index (χ2n) is 13.6. The van der Waals surface area contributed by atoms with Crippen molar-refractivity contribution >= 4 is 5.78 Å². The van der Waals surface area contributed by atoms with Crippen LogP contribution in [0.3, 0.4) is 0 Å². The highest BCUT2D eigenvalue weighted by atomic mass is 16.8. The van der Waals surface area contributed by atoms with Gasteiger partial charge >= 0.3 is 0 Å². The maximum atomic E-state index is 13.9. The van der Waals surface area contributed by atoms with Crippen LogP contribution in [0.1, 0.15) is 72.7 Å². The van der Waals surface area contributed by atoms with Gasteiger partial charge in [0.15, 0.2) is 17.9 Å². The third-order valence-electron chi connectivity index (χ3n) is 10.8. The summed E-state index contributed by atoms with van der Waals surface area (Å²) in [7, 11) is 1.73. The molecule has 1 aromatic carbocycles. The molecule has 7 rings (SSSR count). The fourth-order valence-corrected chi connectivity index (χ4v) is 9.07. The van der Waals surface area contributed by atoms with Crippen LogP contribution in [0, 0.1) is 16.7 Å². The number of carbonyl (C=O) groups excluding carboxylic acids is 1. The van der Waals surface area contributed by atoms with Crippen LogP contribution < -0.4 is 0 Å². The molecule has 7 nitrogen and oxygen atoms in total. The van der Waals surface area contributed by atoms with Gasteiger partial charge in [-0.3, -0.25) is 4.79 Å².